The van der Waals surface area contributed by atoms with E-state index in [0.717, 1.165) is 73.0 Å². The first-order valence-corrected chi connectivity index (χ1v) is 16.8. The summed E-state index contributed by atoms with van der Waals surface area (Å²) in [6, 6.07) is 19.8. The molecule has 2 fully saturated rings. The Morgan fingerprint density at radius 2 is 1.75 bits per heavy atom. The average molecular weight is 650 g/mol. The van der Waals surface area contributed by atoms with Gasteiger partial charge in [-0.3, -0.25) is 19.2 Å². The van der Waals surface area contributed by atoms with E-state index in [1.54, 1.807) is 12.1 Å². The molecule has 0 spiro atoms. The monoisotopic (exact) mass is 649 g/mol. The third-order valence-electron chi connectivity index (χ3n) is 9.83. The van der Waals surface area contributed by atoms with E-state index in [4.69, 9.17) is 4.74 Å². The van der Waals surface area contributed by atoms with Gasteiger partial charge in [0.1, 0.15) is 11.6 Å². The van der Waals surface area contributed by atoms with Gasteiger partial charge in [-0.2, -0.15) is 0 Å². The Balaban J connectivity index is 1.22. The number of pyridine rings is 2. The molecule has 48 heavy (non-hydrogen) atoms. The molecule has 248 valence electrons. The Morgan fingerprint density at radius 1 is 0.958 bits per heavy atom. The number of nitrogens with zero attached hydrogens (tertiary/aromatic N) is 5. The molecule has 2 aromatic carbocycles. The van der Waals surface area contributed by atoms with Crippen LogP contribution < -0.4 is 11.2 Å². The molecule has 1 saturated heterocycles. The second-order valence-electron chi connectivity index (χ2n) is 13.1. The van der Waals surface area contributed by atoms with Crippen molar-refractivity contribution in [1.82, 2.24) is 24.0 Å². The second kappa shape index (κ2) is 13.8. The number of hydrogen-bond acceptors (Lipinski definition) is 7. The third-order valence-corrected chi connectivity index (χ3v) is 9.83. The first kappa shape index (κ1) is 31.9. The number of aromatic hydroxyl groups is 1. The molecule has 0 unspecified atom stereocenters. The van der Waals surface area contributed by atoms with E-state index in [1.165, 1.54) is 15.2 Å². The van der Waals surface area contributed by atoms with Crippen molar-refractivity contribution >= 4 is 11.0 Å². The minimum absolute atomic E-state index is 0.0743. The number of hydrogen-bond donors (Lipinski definition) is 1. The zero-order valence-electron chi connectivity index (χ0n) is 27.1. The Hall–Kier alpha value is -4.67. The Kier molecular flexibility index (Phi) is 9.19. The number of morpholine rings is 1. The maximum atomic E-state index is 14.5. The lowest BCUT2D eigenvalue weighted by molar-refractivity contribution is 0.0342. The highest BCUT2D eigenvalue weighted by Gasteiger charge is 2.27. The van der Waals surface area contributed by atoms with Gasteiger partial charge in [0.25, 0.3) is 5.56 Å². The van der Waals surface area contributed by atoms with Gasteiger partial charge < -0.3 is 9.84 Å². The van der Waals surface area contributed by atoms with Gasteiger partial charge in [-0.15, -0.1) is 0 Å². The summed E-state index contributed by atoms with van der Waals surface area (Å²) in [4.78, 5) is 39.4. The summed E-state index contributed by atoms with van der Waals surface area (Å²) in [5, 5.41) is 10.4. The summed E-state index contributed by atoms with van der Waals surface area (Å²) < 4.78 is 22.8. The zero-order valence-corrected chi connectivity index (χ0v) is 27.1. The smallest absolute Gasteiger partial charge is 0.337 e. The van der Waals surface area contributed by atoms with Crippen LogP contribution in [0.1, 0.15) is 55.1 Å². The maximum absolute atomic E-state index is 14.5. The van der Waals surface area contributed by atoms with Crippen LogP contribution in [0.2, 0.25) is 0 Å². The van der Waals surface area contributed by atoms with Crippen molar-refractivity contribution in [2.75, 3.05) is 26.3 Å². The highest BCUT2D eigenvalue weighted by molar-refractivity contribution is 5.77. The number of phenolic OH excluding ortho intramolecular Hbond substituents is 1. The van der Waals surface area contributed by atoms with Gasteiger partial charge in [0, 0.05) is 37.1 Å². The number of benzene rings is 2. The highest BCUT2D eigenvalue weighted by atomic mass is 19.1. The highest BCUT2D eigenvalue weighted by Crippen LogP contribution is 2.34. The third kappa shape index (κ3) is 6.68. The molecule has 0 atom stereocenters. The van der Waals surface area contributed by atoms with Crippen molar-refractivity contribution in [3.63, 3.8) is 0 Å². The van der Waals surface area contributed by atoms with Gasteiger partial charge in [0.2, 0.25) is 0 Å². The topological polar surface area (TPSA) is 102 Å². The summed E-state index contributed by atoms with van der Waals surface area (Å²) in [7, 11) is 0. The van der Waals surface area contributed by atoms with Gasteiger partial charge in [0.15, 0.2) is 5.65 Å². The first-order valence-electron chi connectivity index (χ1n) is 16.8. The van der Waals surface area contributed by atoms with Gasteiger partial charge in [-0.25, -0.2) is 18.7 Å². The molecule has 10 heteroatoms. The molecule has 3 aromatic heterocycles. The lowest BCUT2D eigenvalue weighted by Crippen LogP contribution is -2.43. The van der Waals surface area contributed by atoms with E-state index in [9.17, 15) is 19.1 Å². The lowest BCUT2D eigenvalue weighted by Gasteiger charge is -2.30. The van der Waals surface area contributed by atoms with E-state index in [0.29, 0.717) is 44.2 Å². The molecule has 4 heterocycles. The van der Waals surface area contributed by atoms with Crippen molar-refractivity contribution in [3.8, 4) is 22.6 Å². The standard InChI is InChI=1S/C38H40FN5O4/c1-25-4-2-6-30(41-25)11-8-26-9-12-31(13-10-26)44-37(46)35-22-29(39)23-40-36(35)43(38(44)47)32-7-3-5-27(20-32)34-15-14-33(45)21-28(34)24-42-16-18-48-19-17-42/h2-7,14-15,20-23,26,31,45H,8-13,16-19,24H2,1H3. The molecule has 5 aromatic rings. The fourth-order valence-electron chi connectivity index (χ4n) is 7.33. The van der Waals surface area contributed by atoms with Crippen LogP contribution in [0.3, 0.4) is 0 Å². The van der Waals surface area contributed by atoms with Crippen LogP contribution in [-0.2, 0) is 17.7 Å². The fraction of sp³-hybridized carbons (Fsp3) is 0.368. The van der Waals surface area contributed by atoms with Crippen molar-refractivity contribution < 1.29 is 14.2 Å². The van der Waals surface area contributed by atoms with Gasteiger partial charge in [0.05, 0.1) is 30.5 Å². The molecule has 0 amide bonds. The molecule has 0 bridgehead atoms. The maximum Gasteiger partial charge on any atom is 0.337 e. The van der Waals surface area contributed by atoms with E-state index >= 15 is 0 Å². The molecule has 0 radical (unpaired) electrons. The molecular formula is C38H40FN5O4. The van der Waals surface area contributed by atoms with Crippen molar-refractivity contribution in [2.45, 2.75) is 58.0 Å². The largest absolute Gasteiger partial charge is 0.508 e. The minimum Gasteiger partial charge on any atom is -0.508 e. The number of phenols is 1. The predicted molar refractivity (Wildman–Crippen MR) is 183 cm³/mol. The molecule has 1 aliphatic heterocycles. The van der Waals surface area contributed by atoms with Gasteiger partial charge in [-0.1, -0.05) is 24.3 Å². The molecule has 1 N–H and O–H groups in total. The Bertz CT molecular complexity index is 2060. The van der Waals surface area contributed by atoms with Gasteiger partial charge >= 0.3 is 5.69 Å². The SMILES string of the molecule is Cc1cccc(CCC2CCC(n3c(=O)c4cc(F)cnc4n(-c4cccc(-c5ccc(O)cc5CN5CCOCC5)c4)c3=O)CC2)n1. The summed E-state index contributed by atoms with van der Waals surface area (Å²) in [5.41, 5.74) is 4.48. The van der Waals surface area contributed by atoms with E-state index in [2.05, 4.69) is 20.9 Å². The van der Waals surface area contributed by atoms with Crippen molar-refractivity contribution in [1.29, 1.82) is 0 Å². The number of rotatable bonds is 8. The van der Waals surface area contributed by atoms with E-state index in [-0.39, 0.29) is 22.8 Å². The van der Waals surface area contributed by atoms with Crippen LogP contribution in [-0.4, -0.2) is 55.4 Å². The number of aryl methyl sites for hydroxylation is 2. The Labute approximate surface area is 278 Å². The average Bonchev–Trinajstić information content (AvgIpc) is 3.09. The van der Waals surface area contributed by atoms with E-state index in [1.807, 2.05) is 49.4 Å². The number of fused-ring (bicyclic) bond motifs is 1. The molecule has 2 aliphatic rings. The lowest BCUT2D eigenvalue weighted by atomic mass is 9.83. The number of aromatic nitrogens is 4. The number of ether oxygens (including phenoxy) is 1. The van der Waals surface area contributed by atoms with Crippen LogP contribution in [0.25, 0.3) is 27.8 Å². The normalized spacial score (nSPS) is 18.7. The Morgan fingerprint density at radius 3 is 2.54 bits per heavy atom. The van der Waals surface area contributed by atoms with Crippen molar-refractivity contribution in [3.05, 3.63) is 117 Å². The van der Waals surface area contributed by atoms with Gasteiger partial charge in [-0.05, 0) is 111 Å². The quantitative estimate of drug-likeness (QED) is 0.221. The van der Waals surface area contributed by atoms with Crippen LogP contribution in [0.15, 0.2) is 82.5 Å². The molecule has 9 nitrogen and oxygen atoms in total. The second-order valence-corrected chi connectivity index (χ2v) is 13.1. The summed E-state index contributed by atoms with van der Waals surface area (Å²) >= 11 is 0. The predicted octanol–water partition coefficient (Wildman–Crippen LogP) is 5.96. The summed E-state index contributed by atoms with van der Waals surface area (Å²) in [6.07, 6.45) is 6.11. The first-order chi connectivity index (χ1) is 23.3. The van der Waals surface area contributed by atoms with Crippen LogP contribution in [0.5, 0.6) is 5.75 Å². The van der Waals surface area contributed by atoms with Crippen molar-refractivity contribution in [2.24, 2.45) is 5.92 Å². The van der Waals surface area contributed by atoms with E-state index < -0.39 is 17.1 Å². The zero-order chi connectivity index (χ0) is 33.2. The summed E-state index contributed by atoms with van der Waals surface area (Å²) in [6.45, 7) is 5.55. The van der Waals surface area contributed by atoms with Crippen LogP contribution in [0.4, 0.5) is 4.39 Å². The molecule has 1 saturated carbocycles. The molecular weight excluding hydrogens is 609 g/mol. The minimum atomic E-state index is -0.629. The fourth-order valence-corrected chi connectivity index (χ4v) is 7.33. The van der Waals surface area contributed by atoms with Crippen LogP contribution >= 0.6 is 0 Å². The molecule has 1 aliphatic carbocycles. The molecule has 7 rings (SSSR count). The van der Waals surface area contributed by atoms with Crippen LogP contribution in [0, 0.1) is 18.7 Å². The summed E-state index contributed by atoms with van der Waals surface area (Å²) in [5.74, 6) is 0.0327. The number of halogens is 1.